The average Bonchev–Trinajstić information content (AvgIpc) is 3.01. The quantitative estimate of drug-likeness (QED) is 0.232. The summed E-state index contributed by atoms with van der Waals surface area (Å²) in [5.74, 6) is 4.97. The molecule has 1 aromatic heterocycles. The van der Waals surface area contributed by atoms with Crippen molar-refractivity contribution >= 4 is 0 Å². The van der Waals surface area contributed by atoms with Crippen molar-refractivity contribution in [3.63, 3.8) is 0 Å². The summed E-state index contributed by atoms with van der Waals surface area (Å²) in [5.41, 5.74) is 7.35. The molecule has 4 bridgehead atoms. The van der Waals surface area contributed by atoms with Crippen LogP contribution in [0, 0.1) is 17.8 Å². The van der Waals surface area contributed by atoms with Crippen LogP contribution in [-0.2, 0) is 5.41 Å². The van der Waals surface area contributed by atoms with Gasteiger partial charge in [0.2, 0.25) is 0 Å². The van der Waals surface area contributed by atoms with E-state index in [1.54, 1.807) is 0 Å². The molecule has 0 radical (unpaired) electrons. The van der Waals surface area contributed by atoms with Crippen molar-refractivity contribution in [2.45, 2.75) is 43.9 Å². The zero-order valence-electron chi connectivity index (χ0n) is 22.7. The Bertz CT molecular complexity index is 1610. The van der Waals surface area contributed by atoms with E-state index < -0.39 is 0 Å². The van der Waals surface area contributed by atoms with Crippen molar-refractivity contribution in [2.75, 3.05) is 0 Å². The van der Waals surface area contributed by atoms with Crippen molar-refractivity contribution in [3.8, 4) is 45.3 Å². The summed E-state index contributed by atoms with van der Waals surface area (Å²) in [6, 6.07) is 38.5. The Morgan fingerprint density at radius 2 is 0.750 bits per heavy atom. The molecular weight excluding hydrogens is 486 g/mol. The molecule has 0 atom stereocenters. The molecule has 40 heavy (non-hydrogen) atoms. The van der Waals surface area contributed by atoms with Gasteiger partial charge < -0.3 is 0 Å². The van der Waals surface area contributed by atoms with Crippen molar-refractivity contribution in [1.82, 2.24) is 15.0 Å². The average molecular weight is 520 g/mol. The second-order valence-corrected chi connectivity index (χ2v) is 12.4. The van der Waals surface area contributed by atoms with E-state index in [0.29, 0.717) is 17.1 Å². The molecule has 0 aliphatic heterocycles. The summed E-state index contributed by atoms with van der Waals surface area (Å²) in [7, 11) is 0. The largest absolute Gasteiger partial charge is 0.208 e. The van der Waals surface area contributed by atoms with E-state index in [2.05, 4.69) is 84.9 Å². The Balaban J connectivity index is 1.16. The van der Waals surface area contributed by atoms with Crippen molar-refractivity contribution in [2.24, 2.45) is 17.8 Å². The summed E-state index contributed by atoms with van der Waals surface area (Å²) >= 11 is 0. The molecule has 4 saturated carbocycles. The zero-order valence-corrected chi connectivity index (χ0v) is 22.7. The molecule has 0 N–H and O–H groups in total. The molecule has 4 aromatic carbocycles. The highest BCUT2D eigenvalue weighted by Gasteiger charge is 2.51. The van der Waals surface area contributed by atoms with Gasteiger partial charge in [-0.1, -0.05) is 109 Å². The molecular formula is C37H33N3. The van der Waals surface area contributed by atoms with Gasteiger partial charge in [0.25, 0.3) is 0 Å². The van der Waals surface area contributed by atoms with E-state index in [1.165, 1.54) is 55.2 Å². The van der Waals surface area contributed by atoms with E-state index >= 15 is 0 Å². The molecule has 1 heterocycles. The summed E-state index contributed by atoms with van der Waals surface area (Å²) in [6.07, 6.45) is 8.56. The maximum absolute atomic E-state index is 5.00. The molecule has 4 aliphatic rings. The maximum Gasteiger partial charge on any atom is 0.164 e. The normalized spacial score (nSPS) is 24.8. The number of hydrogen-bond donors (Lipinski definition) is 0. The zero-order chi connectivity index (χ0) is 26.5. The lowest BCUT2D eigenvalue weighted by Crippen LogP contribution is -2.48. The molecule has 9 rings (SSSR count). The topological polar surface area (TPSA) is 38.7 Å². The number of rotatable bonds is 5. The van der Waals surface area contributed by atoms with Gasteiger partial charge in [0, 0.05) is 16.7 Å². The monoisotopic (exact) mass is 519 g/mol. The van der Waals surface area contributed by atoms with Gasteiger partial charge in [-0.15, -0.1) is 0 Å². The van der Waals surface area contributed by atoms with E-state index in [0.717, 1.165) is 40.3 Å². The van der Waals surface area contributed by atoms with E-state index in [1.807, 2.05) is 24.3 Å². The highest BCUT2D eigenvalue weighted by atomic mass is 15.0. The minimum Gasteiger partial charge on any atom is -0.208 e. The first-order valence-corrected chi connectivity index (χ1v) is 14.8. The number of aromatic nitrogens is 3. The number of nitrogens with zero attached hydrogens (tertiary/aromatic N) is 3. The second kappa shape index (κ2) is 9.52. The predicted octanol–water partition coefficient (Wildman–Crippen LogP) is 9.01. The van der Waals surface area contributed by atoms with Gasteiger partial charge in [0.05, 0.1) is 0 Å². The van der Waals surface area contributed by atoms with Crippen LogP contribution < -0.4 is 0 Å². The lowest BCUT2D eigenvalue weighted by atomic mass is 9.48. The molecule has 3 heteroatoms. The van der Waals surface area contributed by atoms with Gasteiger partial charge in [-0.2, -0.15) is 0 Å². The Labute approximate surface area is 236 Å². The molecule has 0 saturated heterocycles. The predicted molar refractivity (Wildman–Crippen MR) is 161 cm³/mol. The Morgan fingerprint density at radius 1 is 0.400 bits per heavy atom. The van der Waals surface area contributed by atoms with E-state index in [4.69, 9.17) is 15.0 Å². The van der Waals surface area contributed by atoms with Crippen LogP contribution in [0.3, 0.4) is 0 Å². The SMILES string of the molecule is c1ccc(-c2ccc(-c3nc(-c4ccccc4)nc(-c4ccc(C56CC7C[C@H](C5)C[C@@H](C7)C6)cc4)n3)cc2)cc1. The lowest BCUT2D eigenvalue weighted by molar-refractivity contribution is -0.00518. The van der Waals surface area contributed by atoms with Crippen LogP contribution in [0.1, 0.15) is 44.1 Å². The maximum atomic E-state index is 5.00. The minimum absolute atomic E-state index is 0.396. The van der Waals surface area contributed by atoms with Crippen molar-refractivity contribution in [3.05, 3.63) is 115 Å². The van der Waals surface area contributed by atoms with Gasteiger partial charge in [-0.25, -0.2) is 15.0 Å². The van der Waals surface area contributed by atoms with Gasteiger partial charge in [0.15, 0.2) is 17.5 Å². The van der Waals surface area contributed by atoms with Gasteiger partial charge in [-0.3, -0.25) is 0 Å². The van der Waals surface area contributed by atoms with Crippen LogP contribution in [0.25, 0.3) is 45.3 Å². The molecule has 0 spiro atoms. The number of benzene rings is 4. The Morgan fingerprint density at radius 3 is 1.23 bits per heavy atom. The van der Waals surface area contributed by atoms with Crippen LogP contribution >= 0.6 is 0 Å². The third kappa shape index (κ3) is 4.25. The first-order chi connectivity index (χ1) is 19.7. The van der Waals surface area contributed by atoms with E-state index in [9.17, 15) is 0 Å². The molecule has 4 aliphatic carbocycles. The minimum atomic E-state index is 0.396. The molecule has 196 valence electrons. The van der Waals surface area contributed by atoms with Crippen molar-refractivity contribution < 1.29 is 0 Å². The standard InChI is InChI=1S/C37H33N3/c1-3-7-28(8-4-1)29-11-13-31(14-12-29)35-38-34(30-9-5-2-6-10-30)39-36(40-35)32-15-17-33(18-16-32)37-22-25-19-26(23-37)21-27(20-25)24-37/h1-18,25-27H,19-24H2/t25-,26+,27?,37?. The molecule has 0 unspecified atom stereocenters. The Hall–Kier alpha value is -4.11. The fourth-order valence-electron chi connectivity index (χ4n) is 8.23. The summed E-state index contributed by atoms with van der Waals surface area (Å²) in [4.78, 5) is 14.9. The highest BCUT2D eigenvalue weighted by Crippen LogP contribution is 2.60. The van der Waals surface area contributed by atoms with Crippen LogP contribution in [0.15, 0.2) is 109 Å². The summed E-state index contributed by atoms with van der Waals surface area (Å²) in [5, 5.41) is 0. The number of hydrogen-bond acceptors (Lipinski definition) is 3. The van der Waals surface area contributed by atoms with Crippen LogP contribution in [0.4, 0.5) is 0 Å². The van der Waals surface area contributed by atoms with Crippen LogP contribution in [0.2, 0.25) is 0 Å². The molecule has 5 aromatic rings. The lowest BCUT2D eigenvalue weighted by Gasteiger charge is -2.57. The molecule has 4 fully saturated rings. The summed E-state index contributed by atoms with van der Waals surface area (Å²) in [6.45, 7) is 0. The van der Waals surface area contributed by atoms with Crippen molar-refractivity contribution in [1.29, 1.82) is 0 Å². The Kier molecular flexibility index (Phi) is 5.65. The first kappa shape index (κ1) is 23.7. The smallest absolute Gasteiger partial charge is 0.164 e. The molecule has 3 nitrogen and oxygen atoms in total. The third-order valence-electron chi connectivity index (χ3n) is 9.71. The van der Waals surface area contributed by atoms with Crippen LogP contribution in [-0.4, -0.2) is 15.0 Å². The fraction of sp³-hybridized carbons (Fsp3) is 0.270. The fourth-order valence-corrected chi connectivity index (χ4v) is 8.23. The van der Waals surface area contributed by atoms with Gasteiger partial charge in [-0.05, 0) is 78.4 Å². The second-order valence-electron chi connectivity index (χ2n) is 12.4. The first-order valence-electron chi connectivity index (χ1n) is 14.8. The van der Waals surface area contributed by atoms with Gasteiger partial charge in [0.1, 0.15) is 0 Å². The molecule has 0 amide bonds. The third-order valence-corrected chi connectivity index (χ3v) is 9.71. The van der Waals surface area contributed by atoms with E-state index in [-0.39, 0.29) is 0 Å². The van der Waals surface area contributed by atoms with Gasteiger partial charge >= 0.3 is 0 Å². The van der Waals surface area contributed by atoms with Crippen LogP contribution in [0.5, 0.6) is 0 Å². The highest BCUT2D eigenvalue weighted by molar-refractivity contribution is 5.70. The summed E-state index contributed by atoms with van der Waals surface area (Å²) < 4.78 is 0.